The number of carboxylic acid groups (broad SMARTS) is 2. The van der Waals surface area contributed by atoms with E-state index in [4.69, 9.17) is 19.8 Å². The largest absolute Gasteiger partial charge is 0.305 e. The Morgan fingerprint density at radius 2 is 0.783 bits per heavy atom. The van der Waals surface area contributed by atoms with Gasteiger partial charge in [-0.25, -0.2) is 26.3 Å². The number of sulfonamides is 2. The number of aryl methyl sites for hydroxylation is 1. The molecule has 0 aliphatic rings. The van der Waals surface area contributed by atoms with E-state index < -0.39 is 62.2 Å². The summed E-state index contributed by atoms with van der Waals surface area (Å²) in [6, 6.07) is 21.4. The predicted molar refractivity (Wildman–Crippen MR) is 345 cm³/mol. The first kappa shape index (κ1) is 81.6. The molecule has 4 aromatic rings. The van der Waals surface area contributed by atoms with Crippen molar-refractivity contribution in [1.82, 2.24) is 19.2 Å². The number of hydrogen-bond acceptors (Lipinski definition) is 10. The number of aliphatic carboxylic acids is 2. The second-order valence-electron chi connectivity index (χ2n) is 23.4. The summed E-state index contributed by atoms with van der Waals surface area (Å²) in [5, 5.41) is 14.8. The molecule has 0 saturated carbocycles. The van der Waals surface area contributed by atoms with Crippen molar-refractivity contribution in [2.45, 2.75) is 213 Å². The molecule has 0 radical (unpaired) electrons. The minimum Gasteiger partial charge on any atom is -0.305 e. The van der Waals surface area contributed by atoms with Gasteiger partial charge in [-0.15, -0.1) is 0 Å². The summed E-state index contributed by atoms with van der Waals surface area (Å²) in [7, 11) is -0.0351. The number of carboxylic acids is 2. The Morgan fingerprint density at radius 1 is 0.530 bits per heavy atom. The smallest absolute Gasteiger partial charge is 0.264 e. The van der Waals surface area contributed by atoms with E-state index in [2.05, 4.69) is 119 Å². The van der Waals surface area contributed by atoms with Crippen molar-refractivity contribution in [3.63, 3.8) is 0 Å². The van der Waals surface area contributed by atoms with E-state index >= 15 is 0 Å². The molecule has 0 unspecified atom stereocenters. The second kappa shape index (κ2) is 40.8. The number of unbranched alkanes of at least 4 members (excludes halogenated alkanes) is 3. The molecule has 0 aliphatic carbocycles. The van der Waals surface area contributed by atoms with Crippen molar-refractivity contribution in [2.24, 2.45) is 0 Å². The number of amides is 2. The molecule has 0 aromatic heterocycles. The number of carbonyl (C=O) groups excluding carboxylic acids is 2. The maximum atomic E-state index is 12.8. The van der Waals surface area contributed by atoms with Crippen molar-refractivity contribution >= 4 is 78.1 Å². The van der Waals surface area contributed by atoms with E-state index in [0.717, 1.165) is 74.9 Å². The summed E-state index contributed by atoms with van der Waals surface area (Å²) in [4.78, 5) is 50.4. The van der Waals surface area contributed by atoms with Crippen LogP contribution in [0.1, 0.15) is 202 Å². The first-order chi connectivity index (χ1) is 37.9. The van der Waals surface area contributed by atoms with Crippen LogP contribution >= 0.6 is 15.9 Å². The Balaban J connectivity index is 0. The van der Waals surface area contributed by atoms with Crippen LogP contribution < -0.4 is 9.44 Å². The zero-order valence-electron chi connectivity index (χ0n) is 53.5. The summed E-state index contributed by atoms with van der Waals surface area (Å²) in [5.41, 5.74) is 9.28. The number of nitrogens with zero attached hydrogens (tertiary/aromatic N) is 2. The molecule has 0 saturated heterocycles. The normalized spacial score (nSPS) is 11.3. The first-order valence-electron chi connectivity index (χ1n) is 28.9. The monoisotopic (exact) mass is 1460 g/mol. The van der Waals surface area contributed by atoms with Gasteiger partial charge in [-0.3, -0.25) is 19.2 Å². The van der Waals surface area contributed by atoms with Crippen LogP contribution in [0.25, 0.3) is 0 Å². The molecule has 0 spiro atoms. The van der Waals surface area contributed by atoms with E-state index in [1.54, 1.807) is 49.7 Å². The molecule has 472 valence electrons. The van der Waals surface area contributed by atoms with Crippen molar-refractivity contribution in [2.75, 3.05) is 28.2 Å². The van der Waals surface area contributed by atoms with Gasteiger partial charge in [0.25, 0.3) is 32.0 Å². The molecule has 0 bridgehead atoms. The van der Waals surface area contributed by atoms with Gasteiger partial charge in [0.1, 0.15) is 0 Å². The molecule has 4 aromatic carbocycles. The van der Waals surface area contributed by atoms with Crippen LogP contribution in [0.4, 0.5) is 0 Å². The Hall–Kier alpha value is -3.48. The summed E-state index contributed by atoms with van der Waals surface area (Å²) in [5.74, 6) is -1.80. The molecule has 2 amide bonds. The fraction of sp³-hybridized carbons (Fsp3) is 0.562. The second-order valence-corrected chi connectivity index (χ2v) is 42.3. The van der Waals surface area contributed by atoms with Gasteiger partial charge < -0.3 is 20.0 Å². The van der Waals surface area contributed by atoms with Gasteiger partial charge in [0, 0.05) is 51.8 Å². The third-order valence-corrected chi connectivity index (χ3v) is 29.9. The SMILES string of the molecule is CC(=O)O.CC(=O)O.CC(C)c1cc(Br)cc(C(C)C)c1CC(=O)NS(=O)(=O)c1ccc(CN(C)C)cc1.CCC[CH2][Sn]([CH3])([CH2]CCC)[CH2]CCC.Cc1cc(C(C)C)c(CC(=O)NS(=O)(=O)c2ccc(CN(C)C)cc2)c(C(C)C)c1.[Pd]. The van der Waals surface area contributed by atoms with Gasteiger partial charge in [-0.2, -0.15) is 0 Å². The third kappa shape index (κ3) is 33.3. The van der Waals surface area contributed by atoms with E-state index in [9.17, 15) is 26.4 Å². The molecule has 14 nitrogen and oxygen atoms in total. The Bertz CT molecular complexity index is 2560. The first-order valence-corrected chi connectivity index (χ1v) is 41.6. The van der Waals surface area contributed by atoms with Gasteiger partial charge in [0.05, 0.1) is 22.6 Å². The van der Waals surface area contributed by atoms with Gasteiger partial charge in [-0.1, -0.05) is 113 Å². The standard InChI is InChI=1S/C24H34N2O3S.C23H31BrN2O3S.3C4H9.2C2H4O2.CH3.Pd.Sn/c1-16(2)21-12-18(5)13-22(17(3)4)23(21)14-24(27)25-30(28,29)20-10-8-19(9-11-20)15-26(6)7;1-15(2)20-11-18(24)12-21(16(3)4)22(20)13-23(27)25-30(28,29)19-9-7-17(8-10-19)14-26(5)6;3*1-3-4-2;2*1-2(3)4;;;/h8-13,16-17H,14-15H2,1-7H3,(H,25,27);7-12,15-16H,13-14H2,1-6H3,(H,25,27);3*1,3-4H2,2H3;2*1H3,(H,3,4);1H3;;. The van der Waals surface area contributed by atoms with E-state index in [1.807, 2.05) is 57.0 Å². The number of rotatable bonds is 25. The van der Waals surface area contributed by atoms with E-state index in [1.165, 1.54) is 50.7 Å². The zero-order valence-corrected chi connectivity index (χ0v) is 61.1. The number of nitrogens with one attached hydrogen (secondary N) is 2. The average Bonchev–Trinajstić information content (AvgIpc) is 3.41. The van der Waals surface area contributed by atoms with Crippen LogP contribution in [0.3, 0.4) is 0 Å². The Labute approximate surface area is 528 Å². The fourth-order valence-corrected chi connectivity index (χ4v) is 24.2. The molecule has 0 heterocycles. The molecule has 83 heavy (non-hydrogen) atoms. The predicted octanol–water partition coefficient (Wildman–Crippen LogP) is 14.8. The summed E-state index contributed by atoms with van der Waals surface area (Å²) >= 11 is 1.99. The fourth-order valence-electron chi connectivity index (χ4n) is 9.30. The van der Waals surface area contributed by atoms with E-state index in [0.29, 0.717) is 6.54 Å². The van der Waals surface area contributed by atoms with Crippen LogP contribution in [0.5, 0.6) is 0 Å². The van der Waals surface area contributed by atoms with Crippen molar-refractivity contribution in [1.29, 1.82) is 0 Å². The molecular weight excluding hydrogens is 1350 g/mol. The maximum Gasteiger partial charge on any atom is 0.264 e. The topological polar surface area (TPSA) is 208 Å². The quantitative estimate of drug-likeness (QED) is 0.0457. The molecule has 0 atom stereocenters. The van der Waals surface area contributed by atoms with Gasteiger partial charge in [0.2, 0.25) is 11.8 Å². The Morgan fingerprint density at radius 3 is 1.01 bits per heavy atom. The third-order valence-electron chi connectivity index (χ3n) is 13.3. The number of hydrogen-bond donors (Lipinski definition) is 4. The minimum atomic E-state index is -3.92. The average molecular weight is 1460 g/mol. The minimum absolute atomic E-state index is 0. The number of halogens is 1. The van der Waals surface area contributed by atoms with Crippen LogP contribution in [0.15, 0.2) is 87.1 Å². The Kier molecular flexibility index (Phi) is 40.1. The van der Waals surface area contributed by atoms with Crippen molar-refractivity contribution in [3.8, 4) is 0 Å². The van der Waals surface area contributed by atoms with E-state index in [-0.39, 0.29) is 66.7 Å². The molecule has 4 N–H and O–H groups in total. The van der Waals surface area contributed by atoms with Gasteiger partial charge in [-0.05, 0) is 140 Å². The van der Waals surface area contributed by atoms with Crippen LogP contribution in [0.2, 0.25) is 18.2 Å². The number of carbonyl (C=O) groups is 4. The molecule has 4 rings (SSSR count). The summed E-state index contributed by atoms with van der Waals surface area (Å²) in [6.07, 6.45) is 8.83. The van der Waals surface area contributed by atoms with Crippen LogP contribution in [-0.2, 0) is 85.6 Å². The zero-order chi connectivity index (χ0) is 63.3. The van der Waals surface area contributed by atoms with Crippen LogP contribution in [-0.4, -0.2) is 107 Å². The molecular formula is C64H103BrN4O10PdS2Sn. The van der Waals surface area contributed by atoms with Crippen molar-refractivity contribution in [3.05, 3.63) is 127 Å². The summed E-state index contributed by atoms with van der Waals surface area (Å²) in [6.45, 7) is 29.3. The maximum absolute atomic E-state index is 12.8. The molecule has 19 heteroatoms. The van der Waals surface area contributed by atoms with Gasteiger partial charge in [0.15, 0.2) is 0 Å². The molecule has 0 aliphatic heterocycles. The number of benzene rings is 4. The van der Waals surface area contributed by atoms with Crippen molar-refractivity contribution < 1.29 is 66.6 Å². The summed E-state index contributed by atoms with van der Waals surface area (Å²) < 4.78 is 61.3. The molecule has 0 fully saturated rings. The van der Waals surface area contributed by atoms with Gasteiger partial charge >= 0.3 is 95.9 Å². The van der Waals surface area contributed by atoms with Crippen LogP contribution in [0, 0.1) is 6.92 Å².